The van der Waals surface area contributed by atoms with Gasteiger partial charge in [0.15, 0.2) is 5.78 Å². The second-order valence-corrected chi connectivity index (χ2v) is 6.44. The van der Waals surface area contributed by atoms with Crippen LogP contribution >= 0.6 is 0 Å². The smallest absolute Gasteiger partial charge is 0.225 e. The lowest BCUT2D eigenvalue weighted by Gasteiger charge is -2.31. The van der Waals surface area contributed by atoms with Gasteiger partial charge in [0.2, 0.25) is 5.91 Å². The van der Waals surface area contributed by atoms with Crippen molar-refractivity contribution < 1.29 is 18.7 Å². The molecular formula is C21H22FNO3. The van der Waals surface area contributed by atoms with Crippen molar-refractivity contribution in [2.75, 3.05) is 19.7 Å². The lowest BCUT2D eigenvalue weighted by Crippen LogP contribution is -2.40. The summed E-state index contributed by atoms with van der Waals surface area (Å²) in [4.78, 5) is 26.6. The number of hydrogen-bond donors (Lipinski definition) is 0. The number of hydrogen-bond acceptors (Lipinski definition) is 3. The van der Waals surface area contributed by atoms with Crippen molar-refractivity contribution in [1.29, 1.82) is 0 Å². The monoisotopic (exact) mass is 355 g/mol. The highest BCUT2D eigenvalue weighted by atomic mass is 19.1. The summed E-state index contributed by atoms with van der Waals surface area (Å²) in [6.45, 7) is 1.45. The Bertz CT molecular complexity index is 738. The van der Waals surface area contributed by atoms with Crippen LogP contribution in [0.2, 0.25) is 0 Å². The van der Waals surface area contributed by atoms with Crippen LogP contribution in [-0.2, 0) is 4.79 Å². The first-order valence-corrected chi connectivity index (χ1v) is 8.89. The molecule has 0 N–H and O–H groups in total. The summed E-state index contributed by atoms with van der Waals surface area (Å²) in [7, 11) is 0. The normalized spacial score (nSPS) is 14.9. The van der Waals surface area contributed by atoms with Crippen LogP contribution in [0, 0.1) is 11.7 Å². The summed E-state index contributed by atoms with van der Waals surface area (Å²) >= 11 is 0. The van der Waals surface area contributed by atoms with Crippen LogP contribution in [0.1, 0.15) is 29.6 Å². The van der Waals surface area contributed by atoms with Gasteiger partial charge in [-0.2, -0.15) is 0 Å². The third-order valence-corrected chi connectivity index (χ3v) is 4.68. The Morgan fingerprint density at radius 1 is 1.00 bits per heavy atom. The fourth-order valence-electron chi connectivity index (χ4n) is 3.17. The van der Waals surface area contributed by atoms with E-state index in [1.165, 1.54) is 12.1 Å². The Kier molecular flexibility index (Phi) is 6.00. The summed E-state index contributed by atoms with van der Waals surface area (Å²) in [5.41, 5.74) is 0.741. The number of benzene rings is 2. The van der Waals surface area contributed by atoms with E-state index in [1.54, 1.807) is 17.0 Å². The number of piperidine rings is 1. The van der Waals surface area contributed by atoms with Gasteiger partial charge in [-0.25, -0.2) is 4.39 Å². The molecule has 1 heterocycles. The minimum atomic E-state index is -0.318. The van der Waals surface area contributed by atoms with Crippen molar-refractivity contribution in [3.8, 4) is 5.75 Å². The molecule has 5 heteroatoms. The number of ketones is 1. The Labute approximate surface area is 152 Å². The van der Waals surface area contributed by atoms with Crippen molar-refractivity contribution in [1.82, 2.24) is 4.90 Å². The summed E-state index contributed by atoms with van der Waals surface area (Å²) in [5, 5.41) is 0. The van der Waals surface area contributed by atoms with Crippen molar-refractivity contribution in [3.63, 3.8) is 0 Å². The van der Waals surface area contributed by atoms with E-state index in [2.05, 4.69) is 0 Å². The minimum absolute atomic E-state index is 0.0167. The summed E-state index contributed by atoms with van der Waals surface area (Å²) in [5.74, 6) is 0.402. The van der Waals surface area contributed by atoms with Gasteiger partial charge >= 0.3 is 0 Å². The van der Waals surface area contributed by atoms with Crippen LogP contribution < -0.4 is 4.74 Å². The summed E-state index contributed by atoms with van der Waals surface area (Å²) in [6, 6.07) is 15.0. The molecular weight excluding hydrogens is 333 g/mol. The predicted octanol–water partition coefficient (Wildman–Crippen LogP) is 3.72. The van der Waals surface area contributed by atoms with Gasteiger partial charge in [-0.3, -0.25) is 9.59 Å². The number of rotatable bonds is 6. The van der Waals surface area contributed by atoms with E-state index in [1.807, 2.05) is 30.3 Å². The van der Waals surface area contributed by atoms with Gasteiger partial charge in [-0.15, -0.1) is 0 Å². The molecule has 0 aromatic heterocycles. The summed E-state index contributed by atoms with van der Waals surface area (Å²) in [6.07, 6.45) is 1.66. The molecule has 1 aliphatic heterocycles. The fraction of sp³-hybridized carbons (Fsp3) is 0.333. The van der Waals surface area contributed by atoms with Gasteiger partial charge in [0.05, 0.1) is 13.0 Å². The van der Waals surface area contributed by atoms with Crippen LogP contribution in [0.15, 0.2) is 54.6 Å². The van der Waals surface area contributed by atoms with E-state index in [4.69, 9.17) is 4.74 Å². The number of carbonyl (C=O) groups excluding carboxylic acids is 2. The highest BCUT2D eigenvalue weighted by Gasteiger charge is 2.27. The van der Waals surface area contributed by atoms with Crippen LogP contribution in [0.4, 0.5) is 4.39 Å². The minimum Gasteiger partial charge on any atom is -0.493 e. The zero-order valence-corrected chi connectivity index (χ0v) is 14.6. The Balaban J connectivity index is 1.42. The first kappa shape index (κ1) is 18.1. The second kappa shape index (κ2) is 8.61. The number of halogens is 1. The van der Waals surface area contributed by atoms with Crippen molar-refractivity contribution in [3.05, 3.63) is 66.0 Å². The lowest BCUT2D eigenvalue weighted by atomic mass is 9.89. The number of likely N-dealkylation sites (tertiary alicyclic amines) is 1. The van der Waals surface area contributed by atoms with E-state index < -0.39 is 0 Å². The second-order valence-electron chi connectivity index (χ2n) is 6.44. The third-order valence-electron chi connectivity index (χ3n) is 4.68. The molecule has 3 rings (SSSR count). The maximum Gasteiger partial charge on any atom is 0.225 e. The van der Waals surface area contributed by atoms with E-state index in [-0.39, 0.29) is 36.5 Å². The predicted molar refractivity (Wildman–Crippen MR) is 96.6 cm³/mol. The van der Waals surface area contributed by atoms with E-state index in [0.717, 1.165) is 5.56 Å². The number of carbonyl (C=O) groups is 2. The molecule has 26 heavy (non-hydrogen) atoms. The largest absolute Gasteiger partial charge is 0.493 e. The fourth-order valence-corrected chi connectivity index (χ4v) is 3.17. The van der Waals surface area contributed by atoms with E-state index >= 15 is 0 Å². The molecule has 4 nitrogen and oxygen atoms in total. The van der Waals surface area contributed by atoms with Gasteiger partial charge in [0.25, 0.3) is 0 Å². The molecule has 0 radical (unpaired) electrons. The highest BCUT2D eigenvalue weighted by molar-refractivity contribution is 5.98. The van der Waals surface area contributed by atoms with Gasteiger partial charge < -0.3 is 9.64 Å². The molecule has 1 fully saturated rings. The van der Waals surface area contributed by atoms with Crippen LogP contribution in [0.5, 0.6) is 5.75 Å². The quantitative estimate of drug-likeness (QED) is 0.742. The molecule has 2 aromatic carbocycles. The number of Topliss-reactive ketones (excluding diaryl/α,β-unsaturated/α-hetero) is 1. The Morgan fingerprint density at radius 3 is 2.31 bits per heavy atom. The third kappa shape index (κ3) is 4.69. The average molecular weight is 355 g/mol. The molecule has 1 amide bonds. The van der Waals surface area contributed by atoms with Gasteiger partial charge in [-0.1, -0.05) is 30.3 Å². The van der Waals surface area contributed by atoms with E-state index in [9.17, 15) is 14.0 Å². The molecule has 0 saturated carbocycles. The molecule has 0 bridgehead atoms. The van der Waals surface area contributed by atoms with Crippen molar-refractivity contribution >= 4 is 11.7 Å². The molecule has 136 valence electrons. The zero-order valence-electron chi connectivity index (χ0n) is 14.6. The molecule has 1 saturated heterocycles. The van der Waals surface area contributed by atoms with Gasteiger partial charge in [-0.05, 0) is 37.1 Å². The van der Waals surface area contributed by atoms with Gasteiger partial charge in [0, 0.05) is 24.6 Å². The molecule has 0 atom stereocenters. The number of amides is 1. The maximum absolute atomic E-state index is 12.8. The highest BCUT2D eigenvalue weighted by Crippen LogP contribution is 2.22. The SMILES string of the molecule is O=C(c1ccccc1)C1CCN(C(=O)CCOc2ccc(F)cc2)CC1. The van der Waals surface area contributed by atoms with Gasteiger partial charge in [0.1, 0.15) is 11.6 Å². The Morgan fingerprint density at radius 2 is 1.65 bits per heavy atom. The van der Waals surface area contributed by atoms with Crippen molar-refractivity contribution in [2.24, 2.45) is 5.92 Å². The first-order valence-electron chi connectivity index (χ1n) is 8.89. The van der Waals surface area contributed by atoms with Crippen molar-refractivity contribution in [2.45, 2.75) is 19.3 Å². The summed E-state index contributed by atoms with van der Waals surface area (Å²) < 4.78 is 18.3. The first-order chi connectivity index (χ1) is 12.6. The maximum atomic E-state index is 12.8. The van der Waals surface area contributed by atoms with Crippen LogP contribution in [-0.4, -0.2) is 36.3 Å². The molecule has 0 aliphatic carbocycles. The molecule has 0 unspecified atom stereocenters. The Hall–Kier alpha value is -2.69. The lowest BCUT2D eigenvalue weighted by molar-refractivity contribution is -0.132. The topological polar surface area (TPSA) is 46.6 Å². The van der Waals surface area contributed by atoms with Crippen LogP contribution in [0.3, 0.4) is 0 Å². The molecule has 0 spiro atoms. The standard InChI is InChI=1S/C21H22FNO3/c22-18-6-8-19(9-7-18)26-15-12-20(24)23-13-10-17(11-14-23)21(25)16-4-2-1-3-5-16/h1-9,17H,10-15H2. The number of ether oxygens (including phenoxy) is 1. The molecule has 2 aromatic rings. The zero-order chi connectivity index (χ0) is 18.4. The number of nitrogens with zero attached hydrogens (tertiary/aromatic N) is 1. The average Bonchev–Trinajstić information content (AvgIpc) is 2.69. The van der Waals surface area contributed by atoms with Crippen LogP contribution in [0.25, 0.3) is 0 Å². The van der Waals surface area contributed by atoms with E-state index in [0.29, 0.717) is 31.7 Å². The molecule has 1 aliphatic rings.